The lowest BCUT2D eigenvalue weighted by Gasteiger charge is -2.12. The zero-order valence-electron chi connectivity index (χ0n) is 14.5. The molecule has 9 heteroatoms. The van der Waals surface area contributed by atoms with Crippen molar-refractivity contribution >= 4 is 52.2 Å². The number of carbonyl (C=O) groups is 3. The van der Waals surface area contributed by atoms with E-state index in [0.29, 0.717) is 22.0 Å². The van der Waals surface area contributed by atoms with Crippen LogP contribution in [0.25, 0.3) is 6.08 Å². The molecular weight excluding hydrogens is 406 g/mol. The third kappa shape index (κ3) is 4.29. The number of halogens is 1. The molecule has 7 nitrogen and oxygen atoms in total. The van der Waals surface area contributed by atoms with Crippen molar-refractivity contribution in [3.63, 3.8) is 0 Å². The van der Waals surface area contributed by atoms with Gasteiger partial charge in [0.2, 0.25) is 0 Å². The van der Waals surface area contributed by atoms with E-state index in [1.54, 1.807) is 42.5 Å². The monoisotopic (exact) mass is 419 g/mol. The van der Waals surface area contributed by atoms with E-state index in [-0.39, 0.29) is 10.7 Å². The Morgan fingerprint density at radius 2 is 2.00 bits per heavy atom. The van der Waals surface area contributed by atoms with Crippen molar-refractivity contribution in [2.75, 3.05) is 18.6 Å². The number of ether oxygens (including phenoxy) is 2. The van der Waals surface area contributed by atoms with E-state index >= 15 is 0 Å². The molecule has 0 spiro atoms. The minimum Gasteiger partial charge on any atom is -0.493 e. The van der Waals surface area contributed by atoms with Crippen molar-refractivity contribution in [2.45, 2.75) is 0 Å². The maximum atomic E-state index is 12.7. The molecule has 0 saturated carbocycles. The number of anilines is 1. The van der Waals surface area contributed by atoms with Gasteiger partial charge in [0.1, 0.15) is 0 Å². The topological polar surface area (TPSA) is 93.1 Å². The fraction of sp³-hybridized carbons (Fsp3) is 0.105. The summed E-state index contributed by atoms with van der Waals surface area (Å²) in [6.45, 7) is -0.506. The standard InChI is InChI=1S/C19H14ClNO6S/c1-26-15-7-11(5-6-14(15)27-10-17(22)23)8-16-18(24)21(19(25)28-16)13-4-2-3-12(20)9-13/h2-9H,10H2,1H3,(H,22,23)/b16-8+. The summed E-state index contributed by atoms with van der Waals surface area (Å²) in [5.74, 6) is -0.999. The summed E-state index contributed by atoms with van der Waals surface area (Å²) in [4.78, 5) is 36.9. The molecule has 1 aliphatic rings. The number of thioether (sulfide) groups is 1. The summed E-state index contributed by atoms with van der Waals surface area (Å²) in [7, 11) is 1.42. The molecule has 2 aromatic carbocycles. The van der Waals surface area contributed by atoms with Crippen LogP contribution < -0.4 is 14.4 Å². The van der Waals surface area contributed by atoms with Gasteiger partial charge < -0.3 is 14.6 Å². The van der Waals surface area contributed by atoms with Gasteiger partial charge in [-0.05, 0) is 53.7 Å². The van der Waals surface area contributed by atoms with Crippen LogP contribution in [0.1, 0.15) is 5.56 Å². The maximum absolute atomic E-state index is 12.7. The SMILES string of the molecule is COc1cc(/C=C2/SC(=O)N(c3cccc(Cl)c3)C2=O)ccc1OCC(=O)O. The van der Waals surface area contributed by atoms with Gasteiger partial charge >= 0.3 is 5.97 Å². The van der Waals surface area contributed by atoms with Gasteiger partial charge in [-0.1, -0.05) is 23.7 Å². The molecule has 1 fully saturated rings. The van der Waals surface area contributed by atoms with E-state index in [1.165, 1.54) is 13.2 Å². The van der Waals surface area contributed by atoms with Crippen molar-refractivity contribution in [2.24, 2.45) is 0 Å². The normalized spacial score (nSPS) is 15.2. The average molecular weight is 420 g/mol. The highest BCUT2D eigenvalue weighted by Crippen LogP contribution is 2.37. The summed E-state index contributed by atoms with van der Waals surface area (Å²) in [6, 6.07) is 11.2. The molecular formula is C19H14ClNO6S. The summed E-state index contributed by atoms with van der Waals surface area (Å²) in [5.41, 5.74) is 0.990. The quantitative estimate of drug-likeness (QED) is 0.706. The Hall–Kier alpha value is -2.97. The molecule has 0 unspecified atom stereocenters. The van der Waals surface area contributed by atoms with E-state index in [0.717, 1.165) is 16.7 Å². The lowest BCUT2D eigenvalue weighted by Crippen LogP contribution is -2.27. The second-order valence-corrected chi connectivity index (χ2v) is 7.02. The molecule has 0 aliphatic carbocycles. The molecule has 2 amide bonds. The summed E-state index contributed by atoms with van der Waals surface area (Å²) in [6.07, 6.45) is 1.55. The lowest BCUT2D eigenvalue weighted by molar-refractivity contribution is -0.139. The van der Waals surface area contributed by atoms with Crippen LogP contribution >= 0.6 is 23.4 Å². The first-order valence-corrected chi connectivity index (χ1v) is 9.14. The lowest BCUT2D eigenvalue weighted by atomic mass is 10.2. The van der Waals surface area contributed by atoms with Gasteiger partial charge in [0.15, 0.2) is 18.1 Å². The maximum Gasteiger partial charge on any atom is 0.341 e. The Kier molecular flexibility index (Phi) is 5.91. The smallest absolute Gasteiger partial charge is 0.341 e. The van der Waals surface area contributed by atoms with Gasteiger partial charge in [-0.2, -0.15) is 0 Å². The predicted octanol–water partition coefficient (Wildman–Crippen LogP) is 4.05. The Bertz CT molecular complexity index is 990. The van der Waals surface area contributed by atoms with E-state index < -0.39 is 23.7 Å². The van der Waals surface area contributed by atoms with Crippen LogP contribution in [-0.4, -0.2) is 35.9 Å². The molecule has 1 N–H and O–H groups in total. The number of carboxylic acid groups (broad SMARTS) is 1. The summed E-state index contributed by atoms with van der Waals surface area (Å²) in [5, 5.41) is 8.71. The summed E-state index contributed by atoms with van der Waals surface area (Å²) >= 11 is 6.76. The molecule has 1 aliphatic heterocycles. The number of carboxylic acids is 1. The zero-order chi connectivity index (χ0) is 20.3. The molecule has 0 atom stereocenters. The van der Waals surface area contributed by atoms with Crippen LogP contribution in [0.15, 0.2) is 47.4 Å². The molecule has 1 saturated heterocycles. The number of amides is 2. The summed E-state index contributed by atoms with van der Waals surface area (Å²) < 4.78 is 10.3. The number of rotatable bonds is 6. The average Bonchev–Trinajstić information content (AvgIpc) is 2.93. The van der Waals surface area contributed by atoms with E-state index in [2.05, 4.69) is 0 Å². The number of methoxy groups -OCH3 is 1. The first-order chi connectivity index (χ1) is 13.4. The van der Waals surface area contributed by atoms with Crippen molar-refractivity contribution < 1.29 is 29.0 Å². The van der Waals surface area contributed by atoms with Crippen LogP contribution in [0.5, 0.6) is 11.5 Å². The molecule has 0 aromatic heterocycles. The molecule has 1 heterocycles. The second kappa shape index (κ2) is 8.37. The third-order valence-corrected chi connectivity index (χ3v) is 4.80. The molecule has 28 heavy (non-hydrogen) atoms. The van der Waals surface area contributed by atoms with E-state index in [4.69, 9.17) is 26.2 Å². The first-order valence-electron chi connectivity index (χ1n) is 7.95. The van der Waals surface area contributed by atoms with Gasteiger partial charge in [0, 0.05) is 5.02 Å². The minimum atomic E-state index is -1.11. The van der Waals surface area contributed by atoms with Gasteiger partial charge in [-0.25, -0.2) is 9.69 Å². The number of imide groups is 1. The number of benzene rings is 2. The number of nitrogens with zero attached hydrogens (tertiary/aromatic N) is 1. The highest BCUT2D eigenvalue weighted by atomic mass is 35.5. The molecule has 0 bridgehead atoms. The van der Waals surface area contributed by atoms with Crippen molar-refractivity contribution in [3.8, 4) is 11.5 Å². The Labute approximate surface area is 169 Å². The number of hydrogen-bond donors (Lipinski definition) is 1. The Morgan fingerprint density at radius 1 is 1.21 bits per heavy atom. The van der Waals surface area contributed by atoms with E-state index in [1.807, 2.05) is 0 Å². The Balaban J connectivity index is 1.86. The highest BCUT2D eigenvalue weighted by molar-refractivity contribution is 8.19. The number of hydrogen-bond acceptors (Lipinski definition) is 6. The van der Waals surface area contributed by atoms with Gasteiger partial charge in [0.25, 0.3) is 11.1 Å². The highest BCUT2D eigenvalue weighted by Gasteiger charge is 2.36. The Morgan fingerprint density at radius 3 is 2.68 bits per heavy atom. The zero-order valence-corrected chi connectivity index (χ0v) is 16.1. The largest absolute Gasteiger partial charge is 0.493 e. The minimum absolute atomic E-state index is 0.242. The third-order valence-electron chi connectivity index (χ3n) is 3.70. The van der Waals surface area contributed by atoms with Gasteiger partial charge in [-0.3, -0.25) is 9.59 Å². The molecule has 0 radical (unpaired) electrons. The van der Waals surface area contributed by atoms with Crippen LogP contribution in [0.4, 0.5) is 10.5 Å². The van der Waals surface area contributed by atoms with Gasteiger partial charge in [-0.15, -0.1) is 0 Å². The predicted molar refractivity (Wildman–Crippen MR) is 106 cm³/mol. The van der Waals surface area contributed by atoms with Crippen LogP contribution in [0, 0.1) is 0 Å². The van der Waals surface area contributed by atoms with Crippen LogP contribution in [0.3, 0.4) is 0 Å². The van der Waals surface area contributed by atoms with Crippen LogP contribution in [-0.2, 0) is 9.59 Å². The van der Waals surface area contributed by atoms with E-state index in [9.17, 15) is 14.4 Å². The van der Waals surface area contributed by atoms with Crippen LogP contribution in [0.2, 0.25) is 5.02 Å². The number of aliphatic carboxylic acids is 1. The first kappa shape index (κ1) is 19.8. The van der Waals surface area contributed by atoms with Crippen molar-refractivity contribution in [1.82, 2.24) is 0 Å². The molecule has 144 valence electrons. The van der Waals surface area contributed by atoms with Crippen molar-refractivity contribution in [1.29, 1.82) is 0 Å². The van der Waals surface area contributed by atoms with Crippen molar-refractivity contribution in [3.05, 3.63) is 58.0 Å². The second-order valence-electron chi connectivity index (χ2n) is 5.59. The fourth-order valence-corrected chi connectivity index (χ4v) is 3.52. The van der Waals surface area contributed by atoms with Gasteiger partial charge in [0.05, 0.1) is 17.7 Å². The molecule has 3 rings (SSSR count). The number of carbonyl (C=O) groups excluding carboxylic acids is 2. The fourth-order valence-electron chi connectivity index (χ4n) is 2.49. The molecule has 2 aromatic rings.